The topological polar surface area (TPSA) is 23.5 Å². The molecular formula is C7H16ClNO. The molecule has 0 bridgehead atoms. The van der Waals surface area contributed by atoms with Crippen LogP contribution in [0.25, 0.3) is 0 Å². The van der Waals surface area contributed by atoms with Crippen molar-refractivity contribution in [1.82, 2.24) is 4.90 Å². The molecule has 0 spiro atoms. The van der Waals surface area contributed by atoms with Crippen LogP contribution in [0.3, 0.4) is 0 Å². The quantitative estimate of drug-likeness (QED) is 0.613. The van der Waals surface area contributed by atoms with Crippen LogP contribution in [0.2, 0.25) is 0 Å². The van der Waals surface area contributed by atoms with Gasteiger partial charge in [0.1, 0.15) is 0 Å². The summed E-state index contributed by atoms with van der Waals surface area (Å²) in [4.78, 5) is 2.11. The molecule has 62 valence electrons. The summed E-state index contributed by atoms with van der Waals surface area (Å²) in [5, 5.41) is 8.91. The number of halogens is 1. The summed E-state index contributed by atoms with van der Waals surface area (Å²) in [6.07, 6.45) is 0.630. The molecule has 0 aliphatic heterocycles. The molecule has 0 heterocycles. The fraction of sp³-hybridized carbons (Fsp3) is 1.00. The SMILES string of the molecule is CC(O)CCN(C)CCCl. The van der Waals surface area contributed by atoms with Crippen molar-refractivity contribution in [3.8, 4) is 0 Å². The van der Waals surface area contributed by atoms with E-state index in [1.807, 2.05) is 7.05 Å². The van der Waals surface area contributed by atoms with Crippen LogP contribution in [-0.2, 0) is 0 Å². The summed E-state index contributed by atoms with van der Waals surface area (Å²) in [7, 11) is 2.00. The van der Waals surface area contributed by atoms with Gasteiger partial charge in [-0.25, -0.2) is 0 Å². The number of nitrogens with zero attached hydrogens (tertiary/aromatic N) is 1. The van der Waals surface area contributed by atoms with E-state index in [4.69, 9.17) is 16.7 Å². The Kier molecular flexibility index (Phi) is 6.08. The highest BCUT2D eigenvalue weighted by molar-refractivity contribution is 6.18. The fourth-order valence-electron chi connectivity index (χ4n) is 0.663. The first kappa shape index (κ1) is 10.2. The Hall–Kier alpha value is 0.210. The number of aliphatic hydroxyl groups is 1. The zero-order valence-electron chi connectivity index (χ0n) is 6.68. The molecular weight excluding hydrogens is 150 g/mol. The third-order valence-electron chi connectivity index (χ3n) is 1.39. The standard InChI is InChI=1S/C7H16ClNO/c1-7(10)3-5-9(2)6-4-8/h7,10H,3-6H2,1-2H3. The minimum Gasteiger partial charge on any atom is -0.393 e. The van der Waals surface area contributed by atoms with Crippen LogP contribution in [0, 0.1) is 0 Å². The van der Waals surface area contributed by atoms with Gasteiger partial charge in [-0.15, -0.1) is 11.6 Å². The molecule has 0 aromatic heterocycles. The first-order valence-electron chi connectivity index (χ1n) is 3.59. The maximum Gasteiger partial charge on any atom is 0.0524 e. The van der Waals surface area contributed by atoms with E-state index in [0.717, 1.165) is 19.5 Å². The van der Waals surface area contributed by atoms with Crippen LogP contribution in [0.5, 0.6) is 0 Å². The number of hydrogen-bond acceptors (Lipinski definition) is 2. The average Bonchev–Trinajstić information content (AvgIpc) is 1.85. The number of alkyl halides is 1. The molecule has 0 fully saturated rings. The second kappa shape index (κ2) is 5.96. The lowest BCUT2D eigenvalue weighted by molar-refractivity contribution is 0.166. The van der Waals surface area contributed by atoms with Crippen molar-refractivity contribution in [2.45, 2.75) is 19.4 Å². The Morgan fingerprint density at radius 2 is 2.10 bits per heavy atom. The fourth-order valence-corrected chi connectivity index (χ4v) is 0.952. The monoisotopic (exact) mass is 165 g/mol. The highest BCUT2D eigenvalue weighted by Crippen LogP contribution is 1.92. The first-order valence-corrected chi connectivity index (χ1v) is 4.13. The highest BCUT2D eigenvalue weighted by atomic mass is 35.5. The molecule has 0 amide bonds. The summed E-state index contributed by atoms with van der Waals surface area (Å²) >= 11 is 5.51. The summed E-state index contributed by atoms with van der Waals surface area (Å²) in [6, 6.07) is 0. The Morgan fingerprint density at radius 3 is 2.50 bits per heavy atom. The average molecular weight is 166 g/mol. The molecule has 0 rings (SSSR count). The van der Waals surface area contributed by atoms with E-state index in [1.165, 1.54) is 0 Å². The summed E-state index contributed by atoms with van der Waals surface area (Å²) < 4.78 is 0. The van der Waals surface area contributed by atoms with Gasteiger partial charge >= 0.3 is 0 Å². The van der Waals surface area contributed by atoms with Gasteiger partial charge in [-0.2, -0.15) is 0 Å². The maximum absolute atomic E-state index is 8.91. The van der Waals surface area contributed by atoms with Gasteiger partial charge in [0, 0.05) is 19.0 Å². The number of rotatable bonds is 5. The van der Waals surface area contributed by atoms with Crippen LogP contribution >= 0.6 is 11.6 Å². The third kappa shape index (κ3) is 6.33. The predicted octanol–water partition coefficient (Wildman–Crippen LogP) is 0.928. The second-order valence-corrected chi connectivity index (χ2v) is 3.01. The van der Waals surface area contributed by atoms with E-state index in [-0.39, 0.29) is 6.10 Å². The van der Waals surface area contributed by atoms with Gasteiger partial charge < -0.3 is 10.0 Å². The van der Waals surface area contributed by atoms with Gasteiger partial charge in [-0.3, -0.25) is 0 Å². The van der Waals surface area contributed by atoms with E-state index in [0.29, 0.717) is 5.88 Å². The Bertz CT molecular complexity index is 78.0. The predicted molar refractivity (Wildman–Crippen MR) is 44.5 cm³/mol. The molecule has 2 nitrogen and oxygen atoms in total. The van der Waals surface area contributed by atoms with Crippen molar-refractivity contribution in [2.24, 2.45) is 0 Å². The Balaban J connectivity index is 3.12. The van der Waals surface area contributed by atoms with Crippen molar-refractivity contribution in [2.75, 3.05) is 26.0 Å². The zero-order valence-corrected chi connectivity index (χ0v) is 7.43. The molecule has 1 atom stereocenters. The molecule has 1 unspecified atom stereocenters. The van der Waals surface area contributed by atoms with E-state index >= 15 is 0 Å². The van der Waals surface area contributed by atoms with Gasteiger partial charge in [0.2, 0.25) is 0 Å². The van der Waals surface area contributed by atoms with Crippen molar-refractivity contribution < 1.29 is 5.11 Å². The van der Waals surface area contributed by atoms with Crippen molar-refractivity contribution in [3.05, 3.63) is 0 Å². The lowest BCUT2D eigenvalue weighted by atomic mass is 10.3. The van der Waals surface area contributed by atoms with Crippen LogP contribution in [0.1, 0.15) is 13.3 Å². The molecule has 0 aliphatic carbocycles. The molecule has 10 heavy (non-hydrogen) atoms. The smallest absolute Gasteiger partial charge is 0.0524 e. The first-order chi connectivity index (χ1) is 4.66. The molecule has 0 aliphatic rings. The van der Waals surface area contributed by atoms with E-state index in [1.54, 1.807) is 6.92 Å². The van der Waals surface area contributed by atoms with Gasteiger partial charge in [0.15, 0.2) is 0 Å². The molecule has 0 aromatic rings. The summed E-state index contributed by atoms with van der Waals surface area (Å²) in [5.74, 6) is 0.663. The van der Waals surface area contributed by atoms with E-state index in [9.17, 15) is 0 Å². The number of aliphatic hydroxyl groups excluding tert-OH is 1. The summed E-state index contributed by atoms with van der Waals surface area (Å²) in [5.41, 5.74) is 0. The maximum atomic E-state index is 8.91. The molecule has 1 N–H and O–H groups in total. The third-order valence-corrected chi connectivity index (χ3v) is 1.56. The van der Waals surface area contributed by atoms with E-state index in [2.05, 4.69) is 4.90 Å². The zero-order chi connectivity index (χ0) is 7.98. The van der Waals surface area contributed by atoms with Gasteiger partial charge in [-0.1, -0.05) is 0 Å². The lowest BCUT2D eigenvalue weighted by Gasteiger charge is -2.15. The van der Waals surface area contributed by atoms with Crippen LogP contribution < -0.4 is 0 Å². The lowest BCUT2D eigenvalue weighted by Crippen LogP contribution is -2.24. The molecule has 0 saturated heterocycles. The van der Waals surface area contributed by atoms with Crippen molar-refractivity contribution in [3.63, 3.8) is 0 Å². The van der Waals surface area contributed by atoms with Gasteiger partial charge in [-0.05, 0) is 20.4 Å². The van der Waals surface area contributed by atoms with Gasteiger partial charge in [0.05, 0.1) is 6.10 Å². The van der Waals surface area contributed by atoms with Crippen LogP contribution in [0.15, 0.2) is 0 Å². The summed E-state index contributed by atoms with van der Waals surface area (Å²) in [6.45, 7) is 3.62. The molecule has 0 saturated carbocycles. The number of hydrogen-bond donors (Lipinski definition) is 1. The Labute approximate surface area is 67.8 Å². The van der Waals surface area contributed by atoms with Crippen LogP contribution in [0.4, 0.5) is 0 Å². The van der Waals surface area contributed by atoms with E-state index < -0.39 is 0 Å². The second-order valence-electron chi connectivity index (χ2n) is 2.63. The minimum atomic E-state index is -0.197. The normalized spacial score (nSPS) is 14.1. The molecule has 3 heteroatoms. The van der Waals surface area contributed by atoms with Crippen molar-refractivity contribution >= 4 is 11.6 Å². The molecule has 0 aromatic carbocycles. The Morgan fingerprint density at radius 1 is 1.50 bits per heavy atom. The highest BCUT2D eigenvalue weighted by Gasteiger charge is 1.99. The van der Waals surface area contributed by atoms with Crippen molar-refractivity contribution in [1.29, 1.82) is 0 Å². The van der Waals surface area contributed by atoms with Gasteiger partial charge in [0.25, 0.3) is 0 Å². The molecule has 0 radical (unpaired) electrons. The minimum absolute atomic E-state index is 0.197. The largest absolute Gasteiger partial charge is 0.393 e. The van der Waals surface area contributed by atoms with Crippen LogP contribution in [-0.4, -0.2) is 42.1 Å².